The molecule has 2 aliphatic rings. The van der Waals surface area contributed by atoms with Gasteiger partial charge in [0.25, 0.3) is 5.91 Å². The van der Waals surface area contributed by atoms with Gasteiger partial charge in [0, 0.05) is 64.4 Å². The molecule has 2 fully saturated rings. The van der Waals surface area contributed by atoms with Gasteiger partial charge in [0.2, 0.25) is 5.95 Å². The smallest absolute Gasteiger partial charge is 0.255 e. The van der Waals surface area contributed by atoms with E-state index in [0.29, 0.717) is 5.56 Å². The fraction of sp³-hybridized carbons (Fsp3) is 0.474. The number of amides is 1. The molecule has 4 rings (SSSR count). The first-order valence-corrected chi connectivity index (χ1v) is 9.28. The summed E-state index contributed by atoms with van der Waals surface area (Å²) in [7, 11) is 0. The molecule has 2 saturated heterocycles. The Hall–Kier alpha value is -2.54. The lowest BCUT2D eigenvalue weighted by molar-refractivity contribution is 0.0626. The largest absolute Gasteiger partial charge is 0.341 e. The molecule has 0 bridgehead atoms. The van der Waals surface area contributed by atoms with Gasteiger partial charge >= 0.3 is 0 Å². The topological polar surface area (TPSA) is 65.5 Å². The van der Waals surface area contributed by atoms with Crippen molar-refractivity contribution < 1.29 is 4.79 Å². The Kier molecular flexibility index (Phi) is 5.06. The molecule has 0 aromatic carbocycles. The summed E-state index contributed by atoms with van der Waals surface area (Å²) in [5.74, 6) is 0.918. The summed E-state index contributed by atoms with van der Waals surface area (Å²) in [6.07, 6.45) is 7.63. The highest BCUT2D eigenvalue weighted by atomic mass is 16.2. The second kappa shape index (κ2) is 7.78. The lowest BCUT2D eigenvalue weighted by Crippen LogP contribution is -2.48. The minimum absolute atomic E-state index is 0.0658. The number of aromatic nitrogens is 3. The maximum Gasteiger partial charge on any atom is 0.255 e. The number of carbonyl (C=O) groups excluding carboxylic acids is 1. The summed E-state index contributed by atoms with van der Waals surface area (Å²) in [6, 6.07) is 5.62. The van der Waals surface area contributed by atoms with Crippen LogP contribution in [0.3, 0.4) is 0 Å². The van der Waals surface area contributed by atoms with Crippen LogP contribution < -0.4 is 4.90 Å². The lowest BCUT2D eigenvalue weighted by atomic mass is 10.2. The predicted molar refractivity (Wildman–Crippen MR) is 98.9 cm³/mol. The Morgan fingerprint density at radius 3 is 2.54 bits per heavy atom. The molecule has 7 nitrogen and oxygen atoms in total. The summed E-state index contributed by atoms with van der Waals surface area (Å²) < 4.78 is 0. The molecule has 0 N–H and O–H groups in total. The molecule has 136 valence electrons. The Labute approximate surface area is 153 Å². The third-order valence-electron chi connectivity index (χ3n) is 5.04. The van der Waals surface area contributed by atoms with E-state index < -0.39 is 0 Å². The van der Waals surface area contributed by atoms with Crippen molar-refractivity contribution in [1.29, 1.82) is 0 Å². The van der Waals surface area contributed by atoms with Crippen molar-refractivity contribution in [2.75, 3.05) is 44.2 Å². The highest BCUT2D eigenvalue weighted by molar-refractivity contribution is 5.93. The van der Waals surface area contributed by atoms with Crippen molar-refractivity contribution in [1.82, 2.24) is 24.8 Å². The summed E-state index contributed by atoms with van der Waals surface area (Å²) in [5.41, 5.74) is 1.71. The number of rotatable bonds is 4. The standard InChI is InChI=1S/C19H24N6O/c26-18(16-4-3-6-20-14-16)24-12-10-23(11-13-24)15-17-5-7-21-19(22-17)25-8-1-2-9-25/h3-7,14H,1-2,8-13,15H2. The molecule has 2 aliphatic heterocycles. The van der Waals surface area contributed by atoms with Gasteiger partial charge in [-0.1, -0.05) is 0 Å². The van der Waals surface area contributed by atoms with Crippen molar-refractivity contribution in [3.05, 3.63) is 48.0 Å². The molecular formula is C19H24N6O. The molecule has 0 spiro atoms. The zero-order chi connectivity index (χ0) is 17.8. The Balaban J connectivity index is 1.33. The van der Waals surface area contributed by atoms with Crippen LogP contribution in [0.25, 0.3) is 0 Å². The van der Waals surface area contributed by atoms with Gasteiger partial charge in [0.1, 0.15) is 0 Å². The number of anilines is 1. The molecule has 7 heteroatoms. The van der Waals surface area contributed by atoms with Gasteiger partial charge in [0.15, 0.2) is 0 Å². The Morgan fingerprint density at radius 1 is 1.00 bits per heavy atom. The zero-order valence-corrected chi connectivity index (χ0v) is 14.9. The molecule has 0 unspecified atom stereocenters. The van der Waals surface area contributed by atoms with Crippen LogP contribution >= 0.6 is 0 Å². The average molecular weight is 352 g/mol. The quantitative estimate of drug-likeness (QED) is 0.829. The molecular weight excluding hydrogens is 328 g/mol. The van der Waals surface area contributed by atoms with Crippen LogP contribution in [0.4, 0.5) is 5.95 Å². The van der Waals surface area contributed by atoms with Gasteiger partial charge in [-0.15, -0.1) is 0 Å². The van der Waals surface area contributed by atoms with E-state index in [1.54, 1.807) is 18.5 Å². The van der Waals surface area contributed by atoms with E-state index >= 15 is 0 Å². The maximum absolute atomic E-state index is 12.5. The van der Waals surface area contributed by atoms with Crippen molar-refractivity contribution in [2.24, 2.45) is 0 Å². The van der Waals surface area contributed by atoms with Crippen LogP contribution in [-0.2, 0) is 6.54 Å². The van der Waals surface area contributed by atoms with E-state index in [1.807, 2.05) is 23.2 Å². The SMILES string of the molecule is O=C(c1cccnc1)N1CCN(Cc2ccnc(N3CCCC3)n2)CC1. The number of carbonyl (C=O) groups is 1. The van der Waals surface area contributed by atoms with E-state index in [0.717, 1.165) is 57.5 Å². The van der Waals surface area contributed by atoms with Crippen molar-refractivity contribution in [2.45, 2.75) is 19.4 Å². The number of hydrogen-bond donors (Lipinski definition) is 0. The number of nitrogens with zero attached hydrogens (tertiary/aromatic N) is 6. The van der Waals surface area contributed by atoms with Crippen LogP contribution in [0.15, 0.2) is 36.8 Å². The van der Waals surface area contributed by atoms with E-state index in [1.165, 1.54) is 12.8 Å². The third kappa shape index (κ3) is 3.83. The second-order valence-electron chi connectivity index (χ2n) is 6.85. The van der Waals surface area contributed by atoms with Crippen LogP contribution in [0.2, 0.25) is 0 Å². The summed E-state index contributed by atoms with van der Waals surface area (Å²) in [6.45, 7) is 6.09. The Morgan fingerprint density at radius 2 is 1.81 bits per heavy atom. The van der Waals surface area contributed by atoms with Gasteiger partial charge in [-0.05, 0) is 31.0 Å². The van der Waals surface area contributed by atoms with Crippen LogP contribution in [0.5, 0.6) is 0 Å². The summed E-state index contributed by atoms with van der Waals surface area (Å²) in [4.78, 5) is 32.2. The van der Waals surface area contributed by atoms with E-state index in [4.69, 9.17) is 4.98 Å². The molecule has 0 aliphatic carbocycles. The number of pyridine rings is 1. The molecule has 4 heterocycles. The molecule has 0 atom stereocenters. The normalized spacial score (nSPS) is 18.3. The molecule has 26 heavy (non-hydrogen) atoms. The van der Waals surface area contributed by atoms with Gasteiger partial charge in [-0.3, -0.25) is 14.7 Å². The summed E-state index contributed by atoms with van der Waals surface area (Å²) in [5, 5.41) is 0. The van der Waals surface area contributed by atoms with Crippen LogP contribution in [0, 0.1) is 0 Å². The lowest BCUT2D eigenvalue weighted by Gasteiger charge is -2.34. The van der Waals surface area contributed by atoms with Crippen molar-refractivity contribution in [3.8, 4) is 0 Å². The number of hydrogen-bond acceptors (Lipinski definition) is 6. The first kappa shape index (κ1) is 16.9. The first-order chi connectivity index (χ1) is 12.8. The average Bonchev–Trinajstić information content (AvgIpc) is 3.24. The fourth-order valence-electron chi connectivity index (χ4n) is 3.55. The van der Waals surface area contributed by atoms with Crippen molar-refractivity contribution in [3.63, 3.8) is 0 Å². The molecule has 0 saturated carbocycles. The van der Waals surface area contributed by atoms with E-state index in [-0.39, 0.29) is 5.91 Å². The van der Waals surface area contributed by atoms with Gasteiger partial charge in [-0.25, -0.2) is 9.97 Å². The van der Waals surface area contributed by atoms with E-state index in [2.05, 4.69) is 19.8 Å². The highest BCUT2D eigenvalue weighted by Crippen LogP contribution is 2.16. The Bertz CT molecular complexity index is 739. The van der Waals surface area contributed by atoms with Gasteiger partial charge in [-0.2, -0.15) is 0 Å². The van der Waals surface area contributed by atoms with Crippen LogP contribution in [-0.4, -0.2) is 69.9 Å². The van der Waals surface area contributed by atoms with Crippen LogP contribution in [0.1, 0.15) is 28.9 Å². The minimum Gasteiger partial charge on any atom is -0.341 e. The van der Waals surface area contributed by atoms with Gasteiger partial charge < -0.3 is 9.80 Å². The molecule has 2 aromatic rings. The minimum atomic E-state index is 0.0658. The van der Waals surface area contributed by atoms with Crippen molar-refractivity contribution >= 4 is 11.9 Å². The second-order valence-corrected chi connectivity index (χ2v) is 6.85. The monoisotopic (exact) mass is 352 g/mol. The third-order valence-corrected chi connectivity index (χ3v) is 5.04. The molecule has 1 amide bonds. The van der Waals surface area contributed by atoms with E-state index in [9.17, 15) is 4.79 Å². The molecule has 2 aromatic heterocycles. The maximum atomic E-state index is 12.5. The summed E-state index contributed by atoms with van der Waals surface area (Å²) >= 11 is 0. The molecule has 0 radical (unpaired) electrons. The fourth-order valence-corrected chi connectivity index (χ4v) is 3.55. The first-order valence-electron chi connectivity index (χ1n) is 9.28. The predicted octanol–water partition coefficient (Wildman–Crippen LogP) is 1.43. The highest BCUT2D eigenvalue weighted by Gasteiger charge is 2.23. The van der Waals surface area contributed by atoms with Gasteiger partial charge in [0.05, 0.1) is 11.3 Å². The number of piperazine rings is 1. The zero-order valence-electron chi connectivity index (χ0n) is 14.9.